The van der Waals surface area contributed by atoms with E-state index in [0.717, 1.165) is 0 Å². The number of nitrogens with one attached hydrogen (secondary N) is 1. The third kappa shape index (κ3) is 4.26. The first-order valence-corrected chi connectivity index (χ1v) is 9.69. The Bertz CT molecular complexity index is 687. The van der Waals surface area contributed by atoms with Crippen molar-refractivity contribution in [3.63, 3.8) is 0 Å². The molecule has 10 heteroatoms. The van der Waals surface area contributed by atoms with E-state index >= 15 is 0 Å². The molecule has 4 N–H and O–H groups in total. The van der Waals surface area contributed by atoms with Crippen molar-refractivity contribution in [3.8, 4) is 6.07 Å². The molecule has 2 heterocycles. The van der Waals surface area contributed by atoms with E-state index < -0.39 is 29.9 Å². The molecule has 0 aromatic rings. The third-order valence-electron chi connectivity index (χ3n) is 4.72. The van der Waals surface area contributed by atoms with E-state index in [-0.39, 0.29) is 43.5 Å². The molecule has 9 nitrogen and oxygen atoms in total. The summed E-state index contributed by atoms with van der Waals surface area (Å²) in [5, 5.41) is 39.8. The number of aliphatic hydroxyl groups excluding tert-OH is 2. The average Bonchev–Trinajstić information content (AvgIpc) is 2.85. The molecule has 0 spiro atoms. The van der Waals surface area contributed by atoms with Crippen molar-refractivity contribution < 1.29 is 29.7 Å². The van der Waals surface area contributed by atoms with Crippen LogP contribution < -0.4 is 5.32 Å². The molecule has 27 heavy (non-hydrogen) atoms. The highest BCUT2D eigenvalue weighted by Crippen LogP contribution is 2.51. The number of hydrogen-bond acceptors (Lipinski definition) is 7. The number of hydrogen-bond donors (Lipinski definition) is 4. The largest absolute Gasteiger partial charge is 0.477 e. The first-order valence-electron chi connectivity index (χ1n) is 8.71. The molecule has 148 valence electrons. The summed E-state index contributed by atoms with van der Waals surface area (Å²) in [5.41, 5.74) is -0.0866. The van der Waals surface area contributed by atoms with Crippen LogP contribution >= 0.6 is 11.8 Å². The Balaban J connectivity index is 2.23. The molecule has 1 unspecified atom stereocenters. The molecule has 2 amide bonds. The lowest BCUT2D eigenvalue weighted by molar-refractivity contribution is -0.163. The van der Waals surface area contributed by atoms with Gasteiger partial charge in [-0.2, -0.15) is 5.26 Å². The van der Waals surface area contributed by atoms with Crippen molar-refractivity contribution in [3.05, 3.63) is 10.6 Å². The fourth-order valence-corrected chi connectivity index (χ4v) is 4.82. The quantitative estimate of drug-likeness (QED) is 0.289. The maximum atomic E-state index is 12.4. The topological polar surface area (TPSA) is 151 Å². The summed E-state index contributed by atoms with van der Waals surface area (Å²) in [6, 6.07) is 1.53. The Morgan fingerprint density at radius 1 is 1.44 bits per heavy atom. The molecule has 0 radical (unpaired) electrons. The fraction of sp³-hybridized carbons (Fsp3) is 0.647. The fourth-order valence-electron chi connectivity index (χ4n) is 3.61. The number of aliphatic carboxylic acids is 1. The third-order valence-corrected chi connectivity index (χ3v) is 5.94. The van der Waals surface area contributed by atoms with Gasteiger partial charge in [0.2, 0.25) is 11.8 Å². The van der Waals surface area contributed by atoms with Gasteiger partial charge in [0.05, 0.1) is 30.7 Å². The van der Waals surface area contributed by atoms with Crippen molar-refractivity contribution in [2.45, 2.75) is 38.3 Å². The highest BCUT2D eigenvalue weighted by Gasteiger charge is 2.60. The number of carboxylic acids is 1. The van der Waals surface area contributed by atoms with Crippen LogP contribution in [0.4, 0.5) is 0 Å². The molecule has 0 bridgehead atoms. The van der Waals surface area contributed by atoms with Gasteiger partial charge in [-0.25, -0.2) is 4.79 Å². The summed E-state index contributed by atoms with van der Waals surface area (Å²) in [6.07, 6.45) is -0.307. The highest BCUT2D eigenvalue weighted by atomic mass is 32.2. The molecule has 1 saturated heterocycles. The first-order chi connectivity index (χ1) is 12.8. The van der Waals surface area contributed by atoms with Gasteiger partial charge in [0.1, 0.15) is 5.70 Å². The van der Waals surface area contributed by atoms with Crippen LogP contribution in [0.25, 0.3) is 0 Å². The molecule has 0 saturated carbocycles. The number of carbonyl (C=O) groups excluding carboxylic acids is 2. The number of fused-ring (bicyclic) bond motifs is 1. The van der Waals surface area contributed by atoms with Gasteiger partial charge in [0.15, 0.2) is 0 Å². The van der Waals surface area contributed by atoms with Gasteiger partial charge in [-0.1, -0.05) is 0 Å². The average molecular weight is 397 g/mol. The number of nitrogens with zero attached hydrogens (tertiary/aromatic N) is 2. The van der Waals surface area contributed by atoms with Crippen LogP contribution in [-0.2, 0) is 14.4 Å². The minimum atomic E-state index is -1.22. The van der Waals surface area contributed by atoms with Crippen LogP contribution in [0.1, 0.15) is 26.2 Å². The van der Waals surface area contributed by atoms with Crippen molar-refractivity contribution in [1.82, 2.24) is 10.2 Å². The standard InChI is InChI=1S/C17H23N3O6S/c1-9(22)12-13-10(3-6-19-11(23)4-7-21)15(27-8-2-5-18)14(17(25)26)20(13)16(12)24/h9-10,12-13,21-22H,2-4,6-8H2,1H3,(H,19,23)(H,25,26)/t9-,10-,12-,13?/m1/s1. The van der Waals surface area contributed by atoms with Crippen molar-refractivity contribution in [2.24, 2.45) is 11.8 Å². The number of aliphatic hydroxyl groups is 2. The number of thioether (sulfide) groups is 1. The molecule has 1 fully saturated rings. The second-order valence-electron chi connectivity index (χ2n) is 6.46. The lowest BCUT2D eigenvalue weighted by atomic mass is 9.77. The summed E-state index contributed by atoms with van der Waals surface area (Å²) >= 11 is 1.23. The van der Waals surface area contributed by atoms with Gasteiger partial charge in [-0.3, -0.25) is 9.59 Å². The summed E-state index contributed by atoms with van der Waals surface area (Å²) in [7, 11) is 0. The van der Waals surface area contributed by atoms with Crippen LogP contribution in [0.5, 0.6) is 0 Å². The Morgan fingerprint density at radius 2 is 2.15 bits per heavy atom. The van der Waals surface area contributed by atoms with Gasteiger partial charge in [-0.05, 0) is 13.3 Å². The predicted molar refractivity (Wildman–Crippen MR) is 96.0 cm³/mol. The zero-order valence-corrected chi connectivity index (χ0v) is 15.7. The highest BCUT2D eigenvalue weighted by molar-refractivity contribution is 8.03. The molecular weight excluding hydrogens is 374 g/mol. The zero-order chi connectivity index (χ0) is 20.1. The lowest BCUT2D eigenvalue weighted by Crippen LogP contribution is -2.64. The van der Waals surface area contributed by atoms with E-state index in [2.05, 4.69) is 5.32 Å². The van der Waals surface area contributed by atoms with Crippen molar-refractivity contribution in [1.29, 1.82) is 5.26 Å². The molecular formula is C17H23N3O6S. The summed E-state index contributed by atoms with van der Waals surface area (Å²) in [4.78, 5) is 37.5. The molecule has 2 aliphatic heterocycles. The minimum Gasteiger partial charge on any atom is -0.477 e. The molecule has 4 atom stereocenters. The zero-order valence-electron chi connectivity index (χ0n) is 14.9. The lowest BCUT2D eigenvalue weighted by Gasteiger charge is -2.47. The Labute approximate surface area is 161 Å². The molecule has 0 aromatic heterocycles. The second kappa shape index (κ2) is 9.21. The number of nitriles is 1. The molecule has 2 rings (SSSR count). The van der Waals surface area contributed by atoms with E-state index in [1.165, 1.54) is 23.6 Å². The molecule has 0 aromatic carbocycles. The SMILES string of the molecule is C[C@@H](O)[C@H]1C(=O)N2C(C(=O)O)=C(SCCC#N)[C@H](CCNC(=O)CCO)C12. The maximum absolute atomic E-state index is 12.4. The van der Waals surface area contributed by atoms with Gasteiger partial charge in [0.25, 0.3) is 0 Å². The summed E-state index contributed by atoms with van der Waals surface area (Å²) < 4.78 is 0. The van der Waals surface area contributed by atoms with Crippen LogP contribution in [-0.4, -0.2) is 69.1 Å². The number of carboxylic acid groups (broad SMARTS) is 1. The second-order valence-corrected chi connectivity index (χ2v) is 7.60. The van der Waals surface area contributed by atoms with Crippen molar-refractivity contribution >= 4 is 29.5 Å². The van der Waals surface area contributed by atoms with Crippen LogP contribution in [0.15, 0.2) is 10.6 Å². The van der Waals surface area contributed by atoms with E-state index in [1.54, 1.807) is 0 Å². The van der Waals surface area contributed by atoms with E-state index in [4.69, 9.17) is 10.4 Å². The minimum absolute atomic E-state index is 0.0189. The van der Waals surface area contributed by atoms with Gasteiger partial charge in [0, 0.05) is 36.0 Å². The van der Waals surface area contributed by atoms with Gasteiger partial charge >= 0.3 is 5.97 Å². The molecule has 0 aliphatic carbocycles. The van der Waals surface area contributed by atoms with Gasteiger partial charge < -0.3 is 25.5 Å². The number of rotatable bonds is 10. The predicted octanol–water partition coefficient (Wildman–Crippen LogP) is -0.344. The normalized spacial score (nSPS) is 24.9. The van der Waals surface area contributed by atoms with Crippen LogP contribution in [0.2, 0.25) is 0 Å². The van der Waals surface area contributed by atoms with Crippen molar-refractivity contribution in [2.75, 3.05) is 18.9 Å². The van der Waals surface area contributed by atoms with Crippen LogP contribution in [0.3, 0.4) is 0 Å². The smallest absolute Gasteiger partial charge is 0.353 e. The van der Waals surface area contributed by atoms with Gasteiger partial charge in [-0.15, -0.1) is 11.8 Å². The van der Waals surface area contributed by atoms with Crippen LogP contribution in [0, 0.1) is 23.2 Å². The summed E-state index contributed by atoms with van der Waals surface area (Å²) in [5.74, 6) is -2.59. The monoisotopic (exact) mass is 397 g/mol. The first kappa shape index (κ1) is 21.2. The number of amides is 2. The number of carbonyl (C=O) groups is 3. The Kier molecular flexibility index (Phi) is 7.24. The number of β-lactam (4-membered cyclic amide) rings is 1. The van der Waals surface area contributed by atoms with E-state index in [1.807, 2.05) is 6.07 Å². The van der Waals surface area contributed by atoms with E-state index in [0.29, 0.717) is 17.1 Å². The molecule has 2 aliphatic rings. The van der Waals surface area contributed by atoms with E-state index in [9.17, 15) is 24.6 Å². The summed E-state index contributed by atoms with van der Waals surface area (Å²) in [6.45, 7) is 1.49. The Hall–Kier alpha value is -2.09. The maximum Gasteiger partial charge on any atom is 0.353 e. The Morgan fingerprint density at radius 3 is 2.70 bits per heavy atom.